The lowest BCUT2D eigenvalue weighted by Gasteiger charge is -2.41. The second-order valence-corrected chi connectivity index (χ2v) is 8.08. The van der Waals surface area contributed by atoms with Crippen molar-refractivity contribution in [2.24, 2.45) is 5.73 Å². The van der Waals surface area contributed by atoms with Crippen LogP contribution in [0.2, 0.25) is 0 Å². The highest BCUT2D eigenvalue weighted by Crippen LogP contribution is 2.36. The molecule has 2 atom stereocenters. The topological polar surface area (TPSA) is 84.2 Å². The van der Waals surface area contributed by atoms with Crippen LogP contribution in [-0.2, 0) is 4.74 Å². The Morgan fingerprint density at radius 1 is 1.14 bits per heavy atom. The van der Waals surface area contributed by atoms with Crippen molar-refractivity contribution in [2.45, 2.75) is 62.5 Å². The second kappa shape index (κ2) is 8.78. The van der Waals surface area contributed by atoms with Crippen LogP contribution in [0.3, 0.4) is 0 Å². The minimum absolute atomic E-state index is 0.0291. The van der Waals surface area contributed by atoms with Crippen LogP contribution < -0.4 is 5.73 Å². The van der Waals surface area contributed by atoms with Gasteiger partial charge in [0, 0.05) is 24.4 Å². The van der Waals surface area contributed by atoms with Gasteiger partial charge in [-0.25, -0.2) is 4.79 Å². The van der Waals surface area contributed by atoms with Crippen LogP contribution in [0.4, 0.5) is 4.79 Å². The smallest absolute Gasteiger partial charge is 0.315 e. The van der Waals surface area contributed by atoms with Gasteiger partial charge in [0.1, 0.15) is 0 Å². The monoisotopic (exact) mass is 382 g/mol. The van der Waals surface area contributed by atoms with Crippen molar-refractivity contribution >= 4 is 6.03 Å². The van der Waals surface area contributed by atoms with Crippen LogP contribution in [0, 0.1) is 0 Å². The zero-order chi connectivity index (χ0) is 19.3. The zero-order valence-electron chi connectivity index (χ0n) is 16.3. The summed E-state index contributed by atoms with van der Waals surface area (Å²) in [6.45, 7) is 1.24. The first kappa shape index (κ1) is 19.0. The van der Waals surface area contributed by atoms with Gasteiger partial charge in [-0.2, -0.15) is 5.10 Å². The number of hydrogen-bond donors (Lipinski definition) is 2. The highest BCUT2D eigenvalue weighted by atomic mass is 16.5. The Balaban J connectivity index is 1.36. The molecule has 0 bridgehead atoms. The normalized spacial score (nSPS) is 28.2. The standard InChI is InChI=1S/C22H30N4O2/c23-22(27)26-14-4-7-19(20-12-13-24-25-20)21(26)15-28-18-10-8-17(9-11-18)16-5-2-1-3-6-16/h1-3,5-6,12-13,17-19,21H,4,7-11,14-15H2,(H2,23,27)(H,24,25). The molecule has 1 aromatic carbocycles. The van der Waals surface area contributed by atoms with Crippen molar-refractivity contribution in [3.8, 4) is 0 Å². The maximum Gasteiger partial charge on any atom is 0.315 e. The Bertz CT molecular complexity index is 741. The van der Waals surface area contributed by atoms with Gasteiger partial charge in [0.05, 0.1) is 18.8 Å². The van der Waals surface area contributed by atoms with Crippen LogP contribution in [-0.4, -0.2) is 46.4 Å². The molecular formula is C22H30N4O2. The Kier molecular flexibility index (Phi) is 5.95. The summed E-state index contributed by atoms with van der Waals surface area (Å²) >= 11 is 0. The summed E-state index contributed by atoms with van der Waals surface area (Å²) in [5, 5.41) is 7.16. The quantitative estimate of drug-likeness (QED) is 0.825. The highest BCUT2D eigenvalue weighted by Gasteiger charge is 2.36. The number of nitrogens with two attached hydrogens (primary N) is 1. The van der Waals surface area contributed by atoms with Gasteiger partial charge in [0.25, 0.3) is 0 Å². The number of urea groups is 1. The van der Waals surface area contributed by atoms with E-state index < -0.39 is 0 Å². The van der Waals surface area contributed by atoms with E-state index in [1.807, 2.05) is 6.07 Å². The average molecular weight is 383 g/mol. The Morgan fingerprint density at radius 2 is 1.93 bits per heavy atom. The number of ether oxygens (including phenoxy) is 1. The number of nitrogens with zero attached hydrogens (tertiary/aromatic N) is 2. The molecule has 0 spiro atoms. The summed E-state index contributed by atoms with van der Waals surface area (Å²) in [5.74, 6) is 0.833. The summed E-state index contributed by atoms with van der Waals surface area (Å²) in [6, 6.07) is 12.4. The van der Waals surface area contributed by atoms with Gasteiger partial charge in [-0.1, -0.05) is 30.3 Å². The van der Waals surface area contributed by atoms with E-state index >= 15 is 0 Å². The van der Waals surface area contributed by atoms with Crippen molar-refractivity contribution in [1.29, 1.82) is 0 Å². The number of likely N-dealkylation sites (tertiary alicyclic amines) is 1. The zero-order valence-corrected chi connectivity index (χ0v) is 16.3. The van der Waals surface area contributed by atoms with Crippen LogP contribution in [0.15, 0.2) is 42.6 Å². The molecule has 0 radical (unpaired) electrons. The third-order valence-corrected chi connectivity index (χ3v) is 6.43. The molecule has 6 heteroatoms. The lowest BCUT2D eigenvalue weighted by molar-refractivity contribution is -0.0163. The molecule has 6 nitrogen and oxygen atoms in total. The molecule has 2 amide bonds. The van der Waals surface area contributed by atoms with Crippen molar-refractivity contribution < 1.29 is 9.53 Å². The molecule has 1 aliphatic heterocycles. The van der Waals surface area contributed by atoms with E-state index in [0.29, 0.717) is 19.1 Å². The van der Waals surface area contributed by atoms with E-state index in [4.69, 9.17) is 10.5 Å². The van der Waals surface area contributed by atoms with Gasteiger partial charge in [0.2, 0.25) is 0 Å². The molecule has 4 rings (SSSR count). The number of H-pyrrole nitrogens is 1. The molecular weight excluding hydrogens is 352 g/mol. The largest absolute Gasteiger partial charge is 0.376 e. The van der Waals surface area contributed by atoms with Crippen LogP contribution >= 0.6 is 0 Å². The lowest BCUT2D eigenvalue weighted by atomic mass is 9.82. The molecule has 2 unspecified atom stereocenters. The van der Waals surface area contributed by atoms with Crippen LogP contribution in [0.5, 0.6) is 0 Å². The fourth-order valence-electron chi connectivity index (χ4n) is 4.90. The number of carbonyl (C=O) groups is 1. The number of carbonyl (C=O) groups excluding carboxylic acids is 1. The first-order chi connectivity index (χ1) is 13.7. The highest BCUT2D eigenvalue weighted by molar-refractivity contribution is 5.72. The molecule has 1 aromatic heterocycles. The number of hydrogen-bond acceptors (Lipinski definition) is 3. The maximum atomic E-state index is 12.0. The third-order valence-electron chi connectivity index (χ3n) is 6.43. The molecule has 2 aliphatic rings. The maximum absolute atomic E-state index is 12.0. The van der Waals surface area contributed by atoms with Crippen molar-refractivity contribution in [1.82, 2.24) is 15.1 Å². The summed E-state index contributed by atoms with van der Waals surface area (Å²) in [7, 11) is 0. The number of aromatic amines is 1. The Hall–Kier alpha value is -2.34. The van der Waals surface area contributed by atoms with E-state index in [1.54, 1.807) is 11.1 Å². The van der Waals surface area contributed by atoms with Crippen LogP contribution in [0.25, 0.3) is 0 Å². The molecule has 1 aliphatic carbocycles. The number of amides is 2. The summed E-state index contributed by atoms with van der Waals surface area (Å²) in [5.41, 5.74) is 8.17. The first-order valence-electron chi connectivity index (χ1n) is 10.4. The number of rotatable bonds is 5. The molecule has 2 heterocycles. The summed E-state index contributed by atoms with van der Waals surface area (Å²) < 4.78 is 6.33. The molecule has 150 valence electrons. The third kappa shape index (κ3) is 4.22. The molecule has 1 saturated heterocycles. The lowest BCUT2D eigenvalue weighted by Crippen LogP contribution is -2.52. The predicted octanol–water partition coefficient (Wildman–Crippen LogP) is 3.78. The summed E-state index contributed by atoms with van der Waals surface area (Å²) in [4.78, 5) is 13.8. The fraction of sp³-hybridized carbons (Fsp3) is 0.545. The minimum atomic E-state index is -0.356. The predicted molar refractivity (Wildman–Crippen MR) is 108 cm³/mol. The molecule has 3 N–H and O–H groups in total. The number of piperidine rings is 1. The fourth-order valence-corrected chi connectivity index (χ4v) is 4.90. The first-order valence-corrected chi connectivity index (χ1v) is 10.4. The van der Waals surface area contributed by atoms with Gasteiger partial charge in [-0.3, -0.25) is 5.10 Å². The Labute approximate surface area is 166 Å². The molecule has 28 heavy (non-hydrogen) atoms. The van der Waals surface area contributed by atoms with Gasteiger partial charge in [0.15, 0.2) is 0 Å². The van der Waals surface area contributed by atoms with Gasteiger partial charge in [-0.15, -0.1) is 0 Å². The van der Waals surface area contributed by atoms with Gasteiger partial charge >= 0.3 is 6.03 Å². The SMILES string of the molecule is NC(=O)N1CCCC(c2ccn[nH]2)C1COC1CCC(c2ccccc2)CC1. The second-order valence-electron chi connectivity index (χ2n) is 8.08. The molecule has 2 fully saturated rings. The van der Waals surface area contributed by atoms with E-state index in [9.17, 15) is 4.79 Å². The van der Waals surface area contributed by atoms with Gasteiger partial charge < -0.3 is 15.4 Å². The van der Waals surface area contributed by atoms with Crippen molar-refractivity contribution in [3.05, 3.63) is 53.9 Å². The Morgan fingerprint density at radius 3 is 2.61 bits per heavy atom. The van der Waals surface area contributed by atoms with E-state index in [-0.39, 0.29) is 24.1 Å². The van der Waals surface area contributed by atoms with E-state index in [1.165, 1.54) is 5.56 Å². The number of benzene rings is 1. The van der Waals surface area contributed by atoms with Crippen LogP contribution in [0.1, 0.15) is 61.6 Å². The van der Waals surface area contributed by atoms with Gasteiger partial charge in [-0.05, 0) is 56.1 Å². The minimum Gasteiger partial charge on any atom is -0.376 e. The van der Waals surface area contributed by atoms with E-state index in [0.717, 1.165) is 44.2 Å². The average Bonchev–Trinajstić information content (AvgIpc) is 3.27. The van der Waals surface area contributed by atoms with Crippen molar-refractivity contribution in [2.75, 3.05) is 13.2 Å². The number of nitrogens with one attached hydrogen (secondary N) is 1. The molecule has 2 aromatic rings. The number of primary amides is 1. The van der Waals surface area contributed by atoms with E-state index in [2.05, 4.69) is 40.5 Å². The molecule has 1 saturated carbocycles. The van der Waals surface area contributed by atoms with Crippen molar-refractivity contribution in [3.63, 3.8) is 0 Å². The summed E-state index contributed by atoms with van der Waals surface area (Å²) in [6.07, 6.45) is 8.44. The number of aromatic nitrogens is 2.